The van der Waals surface area contributed by atoms with Gasteiger partial charge in [0.2, 0.25) is 0 Å². The zero-order valence-corrected chi connectivity index (χ0v) is 21.8. The summed E-state index contributed by atoms with van der Waals surface area (Å²) < 4.78 is 3.99. The SMILES string of the molecule is CN1CCN(c2cc(NCc3nc4cc(Cl)c(Cl)cc4[nH]3)c3ncc(-c4cnn(C5CC5)c4)n3n2)CC1. The molecule has 0 unspecified atom stereocenters. The van der Waals surface area contributed by atoms with Crippen molar-refractivity contribution in [1.82, 2.24) is 39.2 Å². The molecule has 12 heteroatoms. The Morgan fingerprint density at radius 1 is 1.05 bits per heavy atom. The molecule has 0 spiro atoms. The molecule has 37 heavy (non-hydrogen) atoms. The maximum absolute atomic E-state index is 6.18. The highest BCUT2D eigenvalue weighted by atomic mass is 35.5. The molecule has 1 aromatic carbocycles. The van der Waals surface area contributed by atoms with E-state index in [0.29, 0.717) is 22.6 Å². The van der Waals surface area contributed by atoms with Crippen LogP contribution in [0.3, 0.4) is 0 Å². The second-order valence-electron chi connectivity index (χ2n) is 9.85. The summed E-state index contributed by atoms with van der Waals surface area (Å²) in [7, 11) is 2.15. The Morgan fingerprint density at radius 2 is 1.86 bits per heavy atom. The van der Waals surface area contributed by atoms with E-state index in [1.807, 2.05) is 16.9 Å². The van der Waals surface area contributed by atoms with Crippen molar-refractivity contribution in [1.29, 1.82) is 0 Å². The van der Waals surface area contributed by atoms with Gasteiger partial charge in [-0.15, -0.1) is 5.10 Å². The number of rotatable bonds is 6. The highest BCUT2D eigenvalue weighted by molar-refractivity contribution is 6.42. The number of likely N-dealkylation sites (N-methyl/N-ethyl adjacent to an activating group) is 1. The Kier molecular flexibility index (Phi) is 5.49. The van der Waals surface area contributed by atoms with Crippen LogP contribution in [0.4, 0.5) is 11.5 Å². The normalized spacial score (nSPS) is 16.8. The van der Waals surface area contributed by atoms with Crippen LogP contribution in [-0.4, -0.2) is 72.5 Å². The Hall–Kier alpha value is -3.34. The van der Waals surface area contributed by atoms with E-state index in [1.54, 1.807) is 12.1 Å². The van der Waals surface area contributed by atoms with E-state index >= 15 is 0 Å². The molecule has 0 atom stereocenters. The highest BCUT2D eigenvalue weighted by Crippen LogP contribution is 2.35. The molecule has 0 amide bonds. The van der Waals surface area contributed by atoms with Crippen LogP contribution >= 0.6 is 23.2 Å². The first-order valence-corrected chi connectivity index (χ1v) is 13.2. The van der Waals surface area contributed by atoms with Crippen LogP contribution in [0.15, 0.2) is 36.8 Å². The van der Waals surface area contributed by atoms with Crippen molar-refractivity contribution in [3.63, 3.8) is 0 Å². The van der Waals surface area contributed by atoms with E-state index in [4.69, 9.17) is 33.3 Å². The molecule has 1 saturated heterocycles. The fraction of sp³-hybridized carbons (Fsp3) is 0.360. The fourth-order valence-electron chi connectivity index (χ4n) is 4.80. The van der Waals surface area contributed by atoms with Crippen LogP contribution < -0.4 is 10.2 Å². The van der Waals surface area contributed by atoms with Gasteiger partial charge in [0.1, 0.15) is 5.82 Å². The average molecular weight is 537 g/mol. The first-order chi connectivity index (χ1) is 18.0. The van der Waals surface area contributed by atoms with Gasteiger partial charge in [0, 0.05) is 44.0 Å². The Bertz CT molecular complexity index is 1570. The van der Waals surface area contributed by atoms with Gasteiger partial charge in [0.05, 0.1) is 57.4 Å². The summed E-state index contributed by atoms with van der Waals surface area (Å²) in [6, 6.07) is 6.18. The number of hydrogen-bond donors (Lipinski definition) is 2. The minimum absolute atomic E-state index is 0.480. The van der Waals surface area contributed by atoms with Gasteiger partial charge < -0.3 is 20.1 Å². The Morgan fingerprint density at radius 3 is 2.68 bits per heavy atom. The molecule has 2 fully saturated rings. The van der Waals surface area contributed by atoms with Crippen molar-refractivity contribution in [3.05, 3.63) is 52.7 Å². The molecule has 190 valence electrons. The predicted molar refractivity (Wildman–Crippen MR) is 146 cm³/mol. The lowest BCUT2D eigenvalue weighted by Crippen LogP contribution is -2.45. The first-order valence-electron chi connectivity index (χ1n) is 12.5. The number of imidazole rings is 2. The van der Waals surface area contributed by atoms with Gasteiger partial charge in [-0.25, -0.2) is 14.5 Å². The Balaban J connectivity index is 1.25. The van der Waals surface area contributed by atoms with Gasteiger partial charge in [-0.05, 0) is 32.0 Å². The summed E-state index contributed by atoms with van der Waals surface area (Å²) in [5, 5.41) is 14.1. The third-order valence-electron chi connectivity index (χ3n) is 7.12. The fourth-order valence-corrected chi connectivity index (χ4v) is 5.12. The van der Waals surface area contributed by atoms with E-state index in [0.717, 1.165) is 71.4 Å². The van der Waals surface area contributed by atoms with Gasteiger partial charge in [-0.1, -0.05) is 23.2 Å². The third kappa shape index (κ3) is 4.28. The van der Waals surface area contributed by atoms with E-state index in [9.17, 15) is 0 Å². The van der Waals surface area contributed by atoms with E-state index in [-0.39, 0.29) is 0 Å². The zero-order chi connectivity index (χ0) is 25.1. The standard InChI is InChI=1S/C25H26Cl2N10/c1-34-4-6-35(7-5-34)24-10-21(28-13-23-31-19-8-17(26)18(27)9-20(19)32-23)25-29-12-22(37(25)33-24)15-11-30-36(14-15)16-2-3-16/h8-12,14,16,28H,2-7,13H2,1H3,(H,31,32). The summed E-state index contributed by atoms with van der Waals surface area (Å²) in [5.74, 6) is 1.70. The van der Waals surface area contributed by atoms with Crippen molar-refractivity contribution in [3.8, 4) is 11.3 Å². The van der Waals surface area contributed by atoms with Crippen molar-refractivity contribution in [2.75, 3.05) is 43.4 Å². The molecule has 1 aliphatic carbocycles. The second-order valence-corrected chi connectivity index (χ2v) is 10.7. The Labute approximate surface area is 223 Å². The molecule has 5 heterocycles. The molecule has 2 aliphatic rings. The molecule has 5 aromatic rings. The van der Waals surface area contributed by atoms with Gasteiger partial charge in [0.25, 0.3) is 0 Å². The minimum Gasteiger partial charge on any atom is -0.375 e. The van der Waals surface area contributed by atoms with Gasteiger partial charge in [-0.2, -0.15) is 5.10 Å². The van der Waals surface area contributed by atoms with E-state index in [1.165, 1.54) is 12.8 Å². The molecule has 2 N–H and O–H groups in total. The molecular formula is C25H26Cl2N10. The van der Waals surface area contributed by atoms with Crippen LogP contribution in [0.25, 0.3) is 27.9 Å². The minimum atomic E-state index is 0.480. The van der Waals surface area contributed by atoms with Crippen molar-refractivity contribution < 1.29 is 0 Å². The lowest BCUT2D eigenvalue weighted by Gasteiger charge is -2.33. The molecule has 4 aromatic heterocycles. The summed E-state index contributed by atoms with van der Waals surface area (Å²) in [6.07, 6.45) is 8.26. The topological polar surface area (TPSA) is 95.2 Å². The number of benzene rings is 1. The van der Waals surface area contributed by atoms with Gasteiger partial charge in [0.15, 0.2) is 11.5 Å². The summed E-state index contributed by atoms with van der Waals surface area (Å²) in [6.45, 7) is 4.31. The van der Waals surface area contributed by atoms with Gasteiger partial charge in [-0.3, -0.25) is 4.68 Å². The van der Waals surface area contributed by atoms with Crippen LogP contribution in [0.2, 0.25) is 10.0 Å². The summed E-state index contributed by atoms with van der Waals surface area (Å²) >= 11 is 12.4. The molecule has 10 nitrogen and oxygen atoms in total. The largest absolute Gasteiger partial charge is 0.375 e. The smallest absolute Gasteiger partial charge is 0.177 e. The van der Waals surface area contributed by atoms with Crippen LogP contribution in [0.1, 0.15) is 24.7 Å². The van der Waals surface area contributed by atoms with E-state index in [2.05, 4.69) is 54.2 Å². The number of aromatic amines is 1. The van der Waals surface area contributed by atoms with Crippen LogP contribution in [0, 0.1) is 0 Å². The number of piperazine rings is 1. The third-order valence-corrected chi connectivity index (χ3v) is 7.84. The summed E-state index contributed by atoms with van der Waals surface area (Å²) in [4.78, 5) is 17.4. The lowest BCUT2D eigenvalue weighted by atomic mass is 10.3. The maximum atomic E-state index is 6.18. The van der Waals surface area contributed by atoms with Crippen molar-refractivity contribution in [2.45, 2.75) is 25.4 Å². The van der Waals surface area contributed by atoms with Crippen molar-refractivity contribution in [2.24, 2.45) is 0 Å². The number of nitrogens with zero attached hydrogens (tertiary/aromatic N) is 8. The first kappa shape index (κ1) is 22.8. The van der Waals surface area contributed by atoms with Crippen LogP contribution in [0.5, 0.6) is 0 Å². The molecular weight excluding hydrogens is 511 g/mol. The monoisotopic (exact) mass is 536 g/mol. The molecule has 0 bridgehead atoms. The lowest BCUT2D eigenvalue weighted by molar-refractivity contribution is 0.311. The number of aromatic nitrogens is 7. The number of halogens is 2. The highest BCUT2D eigenvalue weighted by Gasteiger charge is 2.25. The van der Waals surface area contributed by atoms with Crippen LogP contribution in [-0.2, 0) is 6.54 Å². The average Bonchev–Trinajstić information content (AvgIpc) is 3.28. The molecule has 1 aliphatic heterocycles. The molecule has 0 radical (unpaired) electrons. The number of H-pyrrole nitrogens is 1. The van der Waals surface area contributed by atoms with Gasteiger partial charge >= 0.3 is 0 Å². The van der Waals surface area contributed by atoms with Crippen molar-refractivity contribution >= 4 is 51.4 Å². The second kappa shape index (κ2) is 8.90. The predicted octanol–water partition coefficient (Wildman–Crippen LogP) is 4.47. The molecule has 7 rings (SSSR count). The maximum Gasteiger partial charge on any atom is 0.177 e. The number of anilines is 2. The number of nitrogens with one attached hydrogen (secondary N) is 2. The molecule has 1 saturated carbocycles. The number of hydrogen-bond acceptors (Lipinski definition) is 7. The quantitative estimate of drug-likeness (QED) is 0.330. The summed E-state index contributed by atoms with van der Waals surface area (Å²) in [5.41, 5.74) is 5.21. The van der Waals surface area contributed by atoms with E-state index < -0.39 is 0 Å². The zero-order valence-electron chi connectivity index (χ0n) is 20.3. The number of fused-ring (bicyclic) bond motifs is 2.